The topological polar surface area (TPSA) is 46.9 Å². The fourth-order valence-electron chi connectivity index (χ4n) is 3.46. The highest BCUT2D eigenvalue weighted by Crippen LogP contribution is 2.37. The van der Waals surface area contributed by atoms with Gasteiger partial charge in [0.1, 0.15) is 5.82 Å². The summed E-state index contributed by atoms with van der Waals surface area (Å²) in [6.45, 7) is 6.41. The van der Waals surface area contributed by atoms with E-state index >= 15 is 0 Å². The number of thioether (sulfide) groups is 1. The van der Waals surface area contributed by atoms with Gasteiger partial charge in [0.25, 0.3) is 0 Å². The van der Waals surface area contributed by atoms with E-state index in [0.29, 0.717) is 6.42 Å². The number of amides is 1. The van der Waals surface area contributed by atoms with Crippen molar-refractivity contribution < 1.29 is 4.79 Å². The first kappa shape index (κ1) is 15.9. The van der Waals surface area contributed by atoms with E-state index in [1.807, 2.05) is 16.4 Å². The molecule has 3 rings (SSSR count). The molecule has 1 saturated carbocycles. The monoisotopic (exact) mass is 321 g/mol. The molecule has 5 heteroatoms. The van der Waals surface area contributed by atoms with Gasteiger partial charge in [-0.3, -0.25) is 4.79 Å². The average molecular weight is 321 g/mol. The van der Waals surface area contributed by atoms with Crippen LogP contribution in [0.1, 0.15) is 70.6 Å². The van der Waals surface area contributed by atoms with Gasteiger partial charge >= 0.3 is 0 Å². The zero-order valence-electron chi connectivity index (χ0n) is 13.9. The zero-order valence-corrected chi connectivity index (χ0v) is 14.8. The van der Waals surface area contributed by atoms with Gasteiger partial charge in [-0.2, -0.15) is 16.9 Å². The lowest BCUT2D eigenvalue weighted by Crippen LogP contribution is -2.27. The van der Waals surface area contributed by atoms with Gasteiger partial charge in [-0.05, 0) is 33.1 Å². The number of hydrogen-bond donors (Lipinski definition) is 1. The summed E-state index contributed by atoms with van der Waals surface area (Å²) in [6.07, 6.45) is 6.97. The zero-order chi connectivity index (χ0) is 15.7. The summed E-state index contributed by atoms with van der Waals surface area (Å²) >= 11 is 1.88. The SMILES string of the molecule is CC(C)(C)n1nc2c(c1NC(=O)CCC1CCCC1)CSC2. The maximum absolute atomic E-state index is 12.4. The minimum atomic E-state index is -0.108. The van der Waals surface area contributed by atoms with Gasteiger partial charge in [0.05, 0.1) is 11.2 Å². The molecule has 0 unspecified atom stereocenters. The van der Waals surface area contributed by atoms with Crippen molar-refractivity contribution in [3.63, 3.8) is 0 Å². The summed E-state index contributed by atoms with van der Waals surface area (Å²) in [5.41, 5.74) is 2.27. The summed E-state index contributed by atoms with van der Waals surface area (Å²) in [4.78, 5) is 12.4. The van der Waals surface area contributed by atoms with Crippen molar-refractivity contribution in [1.82, 2.24) is 9.78 Å². The van der Waals surface area contributed by atoms with Crippen LogP contribution in [0.2, 0.25) is 0 Å². The Morgan fingerprint density at radius 1 is 1.32 bits per heavy atom. The minimum Gasteiger partial charge on any atom is -0.311 e. The largest absolute Gasteiger partial charge is 0.311 e. The highest BCUT2D eigenvalue weighted by atomic mass is 32.2. The van der Waals surface area contributed by atoms with Gasteiger partial charge in [0.2, 0.25) is 5.91 Å². The highest BCUT2D eigenvalue weighted by Gasteiger charge is 2.28. The molecule has 1 aliphatic heterocycles. The Bertz CT molecular complexity index is 553. The highest BCUT2D eigenvalue weighted by molar-refractivity contribution is 7.98. The van der Waals surface area contributed by atoms with E-state index in [9.17, 15) is 4.79 Å². The van der Waals surface area contributed by atoms with Crippen molar-refractivity contribution >= 4 is 23.5 Å². The van der Waals surface area contributed by atoms with E-state index in [-0.39, 0.29) is 11.4 Å². The average Bonchev–Trinajstić information content (AvgIpc) is 3.13. The fraction of sp³-hybridized carbons (Fsp3) is 0.765. The van der Waals surface area contributed by atoms with Crippen LogP contribution in [0.5, 0.6) is 0 Å². The predicted octanol–water partition coefficient (Wildman–Crippen LogP) is 4.29. The van der Waals surface area contributed by atoms with Gasteiger partial charge in [-0.1, -0.05) is 25.7 Å². The molecular weight excluding hydrogens is 294 g/mol. The lowest BCUT2D eigenvalue weighted by Gasteiger charge is -2.23. The van der Waals surface area contributed by atoms with E-state index in [0.717, 1.165) is 35.4 Å². The van der Waals surface area contributed by atoms with Crippen molar-refractivity contribution in [3.05, 3.63) is 11.3 Å². The molecule has 1 aromatic heterocycles. The van der Waals surface area contributed by atoms with Crippen LogP contribution in [0, 0.1) is 5.92 Å². The second-order valence-corrected chi connectivity index (χ2v) is 8.57. The number of nitrogens with one attached hydrogen (secondary N) is 1. The molecule has 2 aliphatic rings. The number of hydrogen-bond acceptors (Lipinski definition) is 3. The molecule has 122 valence electrons. The Hall–Kier alpha value is -0.970. The summed E-state index contributed by atoms with van der Waals surface area (Å²) in [5, 5.41) is 7.90. The number of fused-ring (bicyclic) bond motifs is 1. The van der Waals surface area contributed by atoms with Crippen LogP contribution in [-0.2, 0) is 21.8 Å². The van der Waals surface area contributed by atoms with E-state index in [2.05, 4.69) is 26.1 Å². The van der Waals surface area contributed by atoms with E-state index in [1.54, 1.807) is 0 Å². The summed E-state index contributed by atoms with van der Waals surface area (Å²) in [6, 6.07) is 0. The Morgan fingerprint density at radius 2 is 2.05 bits per heavy atom. The van der Waals surface area contributed by atoms with Crippen LogP contribution >= 0.6 is 11.8 Å². The summed E-state index contributed by atoms with van der Waals surface area (Å²) in [7, 11) is 0. The molecule has 0 saturated heterocycles. The normalized spacial score (nSPS) is 18.7. The van der Waals surface area contributed by atoms with Crippen LogP contribution in [0.25, 0.3) is 0 Å². The third kappa shape index (κ3) is 3.34. The molecule has 1 aromatic rings. The number of carbonyl (C=O) groups is 1. The number of rotatable bonds is 4. The minimum absolute atomic E-state index is 0.108. The van der Waals surface area contributed by atoms with Crippen LogP contribution in [0.15, 0.2) is 0 Å². The maximum atomic E-state index is 12.4. The lowest BCUT2D eigenvalue weighted by molar-refractivity contribution is -0.116. The first-order valence-electron chi connectivity index (χ1n) is 8.44. The van der Waals surface area contributed by atoms with E-state index in [4.69, 9.17) is 5.10 Å². The molecule has 0 aromatic carbocycles. The molecular formula is C17H27N3OS. The second kappa shape index (κ2) is 6.26. The third-order valence-electron chi connectivity index (χ3n) is 4.70. The van der Waals surface area contributed by atoms with Gasteiger partial charge < -0.3 is 5.32 Å². The quantitative estimate of drug-likeness (QED) is 0.899. The second-order valence-electron chi connectivity index (χ2n) is 7.59. The fourth-order valence-corrected chi connectivity index (χ4v) is 4.49. The van der Waals surface area contributed by atoms with Gasteiger partial charge in [-0.25, -0.2) is 4.68 Å². The molecule has 0 radical (unpaired) electrons. The van der Waals surface area contributed by atoms with Crippen molar-refractivity contribution in [1.29, 1.82) is 0 Å². The molecule has 0 bridgehead atoms. The summed E-state index contributed by atoms with van der Waals surface area (Å²) < 4.78 is 2.00. The third-order valence-corrected chi connectivity index (χ3v) is 5.67. The predicted molar refractivity (Wildman–Crippen MR) is 92.0 cm³/mol. The van der Waals surface area contributed by atoms with Gasteiger partial charge in [-0.15, -0.1) is 0 Å². The summed E-state index contributed by atoms with van der Waals surface area (Å²) in [5.74, 6) is 3.77. The van der Waals surface area contributed by atoms with Crippen LogP contribution in [-0.4, -0.2) is 15.7 Å². The molecule has 1 fully saturated rings. The van der Waals surface area contributed by atoms with Crippen molar-refractivity contribution in [2.24, 2.45) is 5.92 Å². The number of carbonyl (C=O) groups excluding carboxylic acids is 1. The van der Waals surface area contributed by atoms with E-state index < -0.39 is 0 Å². The van der Waals surface area contributed by atoms with Crippen molar-refractivity contribution in [2.75, 3.05) is 5.32 Å². The first-order valence-corrected chi connectivity index (χ1v) is 9.59. The Kier molecular flexibility index (Phi) is 4.53. The van der Waals surface area contributed by atoms with Gasteiger partial charge in [0, 0.05) is 23.5 Å². The molecule has 1 amide bonds. The van der Waals surface area contributed by atoms with Crippen molar-refractivity contribution in [2.45, 2.75) is 76.3 Å². The smallest absolute Gasteiger partial charge is 0.225 e. The number of anilines is 1. The lowest BCUT2D eigenvalue weighted by atomic mass is 10.0. The molecule has 22 heavy (non-hydrogen) atoms. The van der Waals surface area contributed by atoms with Crippen LogP contribution in [0.3, 0.4) is 0 Å². The molecule has 0 atom stereocenters. The molecule has 1 aliphatic carbocycles. The molecule has 1 N–H and O–H groups in total. The maximum Gasteiger partial charge on any atom is 0.225 e. The molecule has 4 nitrogen and oxygen atoms in total. The standard InChI is InChI=1S/C17H27N3OS/c1-17(2,3)20-16(13-10-22-11-14(13)19-20)18-15(21)9-8-12-6-4-5-7-12/h12H,4-11H2,1-3H3,(H,18,21). The van der Waals surface area contributed by atoms with Crippen LogP contribution < -0.4 is 5.32 Å². The Balaban J connectivity index is 1.69. The number of nitrogens with zero attached hydrogens (tertiary/aromatic N) is 2. The molecule has 2 heterocycles. The molecule has 0 spiro atoms. The van der Waals surface area contributed by atoms with Crippen molar-refractivity contribution in [3.8, 4) is 0 Å². The van der Waals surface area contributed by atoms with Crippen LogP contribution in [0.4, 0.5) is 5.82 Å². The Morgan fingerprint density at radius 3 is 2.73 bits per heavy atom. The first-order chi connectivity index (χ1) is 10.4. The van der Waals surface area contributed by atoms with Gasteiger partial charge in [0.15, 0.2) is 0 Å². The van der Waals surface area contributed by atoms with E-state index in [1.165, 1.54) is 31.2 Å². The number of aromatic nitrogens is 2. The Labute approximate surface area is 137 Å².